The van der Waals surface area contributed by atoms with Crippen molar-refractivity contribution in [2.75, 3.05) is 31.4 Å². The Balaban J connectivity index is 1.51. The number of carbonyl (C=O) groups excluding carboxylic acids is 3. The van der Waals surface area contributed by atoms with Crippen LogP contribution in [0.1, 0.15) is 28.8 Å². The molecule has 0 saturated carbocycles. The van der Waals surface area contributed by atoms with E-state index in [1.54, 1.807) is 61.6 Å². The minimum atomic E-state index is -0.430. The van der Waals surface area contributed by atoms with Crippen molar-refractivity contribution in [3.05, 3.63) is 53.6 Å². The number of ether oxygens (including phenoxy) is 2. The number of hydrogen-bond donors (Lipinski definition) is 2. The smallest absolute Gasteiger partial charge is 0.256 e. The topological polar surface area (TPSA) is 97.0 Å². The van der Waals surface area contributed by atoms with Gasteiger partial charge in [-0.1, -0.05) is 0 Å². The van der Waals surface area contributed by atoms with E-state index in [4.69, 9.17) is 9.47 Å². The van der Waals surface area contributed by atoms with Crippen molar-refractivity contribution in [2.45, 2.75) is 18.9 Å². The van der Waals surface area contributed by atoms with Crippen molar-refractivity contribution >= 4 is 35.2 Å². The maximum Gasteiger partial charge on any atom is 0.256 e. The normalized spacial score (nSPS) is 17.6. The number of amides is 3. The predicted octanol–water partition coefficient (Wildman–Crippen LogP) is 2.91. The first kappa shape index (κ1) is 20.5. The monoisotopic (exact) mass is 421 g/mol. The highest BCUT2D eigenvalue weighted by Gasteiger charge is 2.38. The number of nitrogens with one attached hydrogen (secondary N) is 2. The van der Waals surface area contributed by atoms with Gasteiger partial charge >= 0.3 is 0 Å². The summed E-state index contributed by atoms with van der Waals surface area (Å²) >= 11 is 0. The minimum absolute atomic E-state index is 0.169. The molecule has 1 atom stereocenters. The van der Waals surface area contributed by atoms with Gasteiger partial charge in [0.2, 0.25) is 11.8 Å². The van der Waals surface area contributed by atoms with E-state index in [2.05, 4.69) is 10.6 Å². The third-order valence-corrected chi connectivity index (χ3v) is 5.45. The summed E-state index contributed by atoms with van der Waals surface area (Å²) in [6, 6.07) is 9.76. The van der Waals surface area contributed by atoms with Crippen LogP contribution in [0.2, 0.25) is 0 Å². The number of benzene rings is 2. The molecule has 2 heterocycles. The summed E-state index contributed by atoms with van der Waals surface area (Å²) in [5.74, 6) is 0.501. The lowest BCUT2D eigenvalue weighted by Gasteiger charge is -2.20. The Labute approximate surface area is 179 Å². The number of rotatable bonds is 5. The van der Waals surface area contributed by atoms with Crippen LogP contribution in [-0.4, -0.2) is 49.4 Å². The van der Waals surface area contributed by atoms with Crippen LogP contribution in [0.15, 0.2) is 42.5 Å². The first-order valence-electron chi connectivity index (χ1n) is 9.97. The molecule has 2 N–H and O–H groups in total. The Morgan fingerprint density at radius 3 is 2.77 bits per heavy atom. The molecule has 0 aliphatic carbocycles. The lowest BCUT2D eigenvalue weighted by atomic mass is 10.1. The summed E-state index contributed by atoms with van der Waals surface area (Å²) in [7, 11) is 3.11. The van der Waals surface area contributed by atoms with Gasteiger partial charge in [0.15, 0.2) is 0 Å². The van der Waals surface area contributed by atoms with Crippen molar-refractivity contribution in [3.63, 3.8) is 0 Å². The van der Waals surface area contributed by atoms with E-state index < -0.39 is 6.04 Å². The first-order chi connectivity index (χ1) is 15.0. The van der Waals surface area contributed by atoms with Crippen molar-refractivity contribution in [1.82, 2.24) is 4.90 Å². The number of anilines is 2. The molecule has 0 radical (unpaired) electrons. The van der Waals surface area contributed by atoms with Gasteiger partial charge in [0.25, 0.3) is 5.91 Å². The molecule has 8 nitrogen and oxygen atoms in total. The highest BCUT2D eigenvalue weighted by Crippen LogP contribution is 2.30. The zero-order valence-corrected chi connectivity index (χ0v) is 17.3. The Bertz CT molecular complexity index is 1080. The fraction of sp³-hybridized carbons (Fsp3) is 0.261. The molecular weight excluding hydrogens is 398 g/mol. The van der Waals surface area contributed by atoms with Crippen LogP contribution < -0.4 is 20.1 Å². The van der Waals surface area contributed by atoms with Gasteiger partial charge in [-0.05, 0) is 49.2 Å². The van der Waals surface area contributed by atoms with Crippen LogP contribution in [0.4, 0.5) is 11.4 Å². The molecule has 1 fully saturated rings. The molecule has 0 aromatic heterocycles. The molecule has 2 aromatic rings. The van der Waals surface area contributed by atoms with E-state index in [-0.39, 0.29) is 17.7 Å². The number of fused-ring (bicyclic) bond motifs is 2. The Kier molecular flexibility index (Phi) is 5.62. The van der Waals surface area contributed by atoms with Gasteiger partial charge in [-0.25, -0.2) is 0 Å². The van der Waals surface area contributed by atoms with Crippen molar-refractivity contribution in [1.29, 1.82) is 0 Å². The second-order valence-electron chi connectivity index (χ2n) is 7.34. The van der Waals surface area contributed by atoms with Crippen LogP contribution in [0.5, 0.6) is 11.5 Å². The fourth-order valence-corrected chi connectivity index (χ4v) is 3.87. The molecule has 31 heavy (non-hydrogen) atoms. The van der Waals surface area contributed by atoms with Gasteiger partial charge in [0.1, 0.15) is 17.5 Å². The summed E-state index contributed by atoms with van der Waals surface area (Å²) in [4.78, 5) is 39.3. The van der Waals surface area contributed by atoms with Crippen molar-refractivity contribution in [3.8, 4) is 11.5 Å². The van der Waals surface area contributed by atoms with Crippen LogP contribution in [0.3, 0.4) is 0 Å². The first-order valence-corrected chi connectivity index (χ1v) is 9.97. The average Bonchev–Trinajstić information content (AvgIpc) is 3.25. The van der Waals surface area contributed by atoms with E-state index in [9.17, 15) is 14.4 Å². The molecule has 0 spiro atoms. The highest BCUT2D eigenvalue weighted by atomic mass is 16.5. The summed E-state index contributed by atoms with van der Waals surface area (Å²) in [6.45, 7) is 0.555. The summed E-state index contributed by atoms with van der Waals surface area (Å²) in [5, 5.41) is 5.58. The lowest BCUT2D eigenvalue weighted by Crippen LogP contribution is -2.40. The van der Waals surface area contributed by atoms with E-state index in [0.717, 1.165) is 12.0 Å². The quantitative estimate of drug-likeness (QED) is 0.724. The molecule has 160 valence electrons. The van der Waals surface area contributed by atoms with Crippen LogP contribution in [0, 0.1) is 0 Å². The Morgan fingerprint density at radius 1 is 1.16 bits per heavy atom. The molecular formula is C23H23N3O5. The third-order valence-electron chi connectivity index (χ3n) is 5.45. The average molecular weight is 421 g/mol. The predicted molar refractivity (Wildman–Crippen MR) is 116 cm³/mol. The highest BCUT2D eigenvalue weighted by molar-refractivity contribution is 6.11. The number of nitrogens with zero attached hydrogens (tertiary/aromatic N) is 1. The van der Waals surface area contributed by atoms with E-state index >= 15 is 0 Å². The number of carbonyl (C=O) groups is 3. The Hall–Kier alpha value is -3.81. The number of hydrogen-bond acceptors (Lipinski definition) is 5. The number of methoxy groups -OCH3 is 2. The van der Waals surface area contributed by atoms with Crippen molar-refractivity contribution < 1.29 is 23.9 Å². The zero-order chi connectivity index (χ0) is 22.0. The molecule has 8 heteroatoms. The second-order valence-corrected chi connectivity index (χ2v) is 7.34. The van der Waals surface area contributed by atoms with Crippen LogP contribution in [0.25, 0.3) is 6.08 Å². The zero-order valence-electron chi connectivity index (χ0n) is 17.3. The van der Waals surface area contributed by atoms with E-state index in [0.29, 0.717) is 41.4 Å². The maximum absolute atomic E-state index is 12.9. The molecule has 2 aromatic carbocycles. The van der Waals surface area contributed by atoms with Crippen LogP contribution in [-0.2, 0) is 9.59 Å². The van der Waals surface area contributed by atoms with Gasteiger partial charge in [-0.2, -0.15) is 0 Å². The van der Waals surface area contributed by atoms with Gasteiger partial charge < -0.3 is 25.0 Å². The maximum atomic E-state index is 12.9. The molecule has 4 rings (SSSR count). The molecule has 2 aliphatic rings. The van der Waals surface area contributed by atoms with Gasteiger partial charge in [0, 0.05) is 29.9 Å². The fourth-order valence-electron chi connectivity index (χ4n) is 3.87. The minimum Gasteiger partial charge on any atom is -0.497 e. The van der Waals surface area contributed by atoms with Gasteiger partial charge in [-0.3, -0.25) is 14.4 Å². The molecule has 1 saturated heterocycles. The molecule has 2 aliphatic heterocycles. The van der Waals surface area contributed by atoms with Gasteiger partial charge in [0.05, 0.1) is 25.5 Å². The third kappa shape index (κ3) is 4.09. The SMILES string of the molecule is COc1ccc(C=CC(=O)Nc2ccc3c(c2)C(=O)N2CCCC2C(=O)N3)c(OC)c1. The summed E-state index contributed by atoms with van der Waals surface area (Å²) in [5.41, 5.74) is 2.02. The molecule has 3 amide bonds. The molecule has 1 unspecified atom stereocenters. The van der Waals surface area contributed by atoms with E-state index in [1.807, 2.05) is 0 Å². The van der Waals surface area contributed by atoms with Crippen LogP contribution >= 0.6 is 0 Å². The van der Waals surface area contributed by atoms with Gasteiger partial charge in [-0.15, -0.1) is 0 Å². The standard InChI is InChI=1S/C23H23N3O5/c1-30-16-8-5-14(20(13-16)31-2)6-10-21(27)24-15-7-9-18-17(12-15)23(29)26-11-3-4-19(26)22(28)25-18/h5-10,12-13,19H,3-4,11H2,1-2H3,(H,24,27)(H,25,28). The van der Waals surface area contributed by atoms with E-state index in [1.165, 1.54) is 6.08 Å². The second kappa shape index (κ2) is 8.51. The lowest BCUT2D eigenvalue weighted by molar-refractivity contribution is -0.119. The summed E-state index contributed by atoms with van der Waals surface area (Å²) < 4.78 is 10.5. The summed E-state index contributed by atoms with van der Waals surface area (Å²) in [6.07, 6.45) is 4.48. The Morgan fingerprint density at radius 2 is 2.00 bits per heavy atom. The largest absolute Gasteiger partial charge is 0.497 e. The molecule has 0 bridgehead atoms. The van der Waals surface area contributed by atoms with Crippen molar-refractivity contribution in [2.24, 2.45) is 0 Å².